The second-order valence-electron chi connectivity index (χ2n) is 2.58. The standard InChI is InChI=1S/C10H14OSi/c1-2-9-3-5-10(6-4-9)7-11-8-12/h2-6H,1,7-8H2,12H3. The molecule has 0 aliphatic heterocycles. The summed E-state index contributed by atoms with van der Waals surface area (Å²) in [7, 11) is 1.11. The maximum Gasteiger partial charge on any atom is 0.0712 e. The number of ether oxygens (including phenoxy) is 1. The van der Waals surface area contributed by atoms with Gasteiger partial charge in [0, 0.05) is 16.5 Å². The van der Waals surface area contributed by atoms with Crippen molar-refractivity contribution in [2.75, 3.05) is 6.23 Å². The fourth-order valence-corrected chi connectivity index (χ4v) is 1.17. The highest BCUT2D eigenvalue weighted by Gasteiger charge is 1.90. The highest BCUT2D eigenvalue weighted by atomic mass is 28.1. The minimum Gasteiger partial charge on any atom is -0.381 e. The zero-order valence-electron chi connectivity index (χ0n) is 7.42. The second-order valence-corrected chi connectivity index (χ2v) is 3.16. The van der Waals surface area contributed by atoms with E-state index in [9.17, 15) is 0 Å². The van der Waals surface area contributed by atoms with Crippen molar-refractivity contribution in [1.82, 2.24) is 0 Å². The maximum atomic E-state index is 5.33. The first-order chi connectivity index (χ1) is 5.86. The molecule has 0 aromatic heterocycles. The fraction of sp³-hybridized carbons (Fsp3) is 0.200. The van der Waals surface area contributed by atoms with Gasteiger partial charge in [0.25, 0.3) is 0 Å². The zero-order valence-corrected chi connectivity index (χ0v) is 9.42. The van der Waals surface area contributed by atoms with Crippen LogP contribution in [0, 0.1) is 0 Å². The third kappa shape index (κ3) is 2.64. The smallest absolute Gasteiger partial charge is 0.0712 e. The van der Waals surface area contributed by atoms with Gasteiger partial charge in [0.15, 0.2) is 0 Å². The van der Waals surface area contributed by atoms with E-state index in [4.69, 9.17) is 4.74 Å². The molecule has 0 aliphatic carbocycles. The third-order valence-electron chi connectivity index (χ3n) is 1.69. The van der Waals surface area contributed by atoms with Gasteiger partial charge in [-0.3, -0.25) is 0 Å². The zero-order chi connectivity index (χ0) is 8.81. The molecule has 1 aromatic carbocycles. The lowest BCUT2D eigenvalue weighted by molar-refractivity contribution is 0.165. The lowest BCUT2D eigenvalue weighted by atomic mass is 10.1. The van der Waals surface area contributed by atoms with Gasteiger partial charge in [0.1, 0.15) is 0 Å². The van der Waals surface area contributed by atoms with Crippen LogP contribution in [0.3, 0.4) is 0 Å². The summed E-state index contributed by atoms with van der Waals surface area (Å²) < 4.78 is 5.33. The van der Waals surface area contributed by atoms with Crippen molar-refractivity contribution >= 4 is 16.3 Å². The Labute approximate surface area is 76.5 Å². The normalized spacial score (nSPS) is 10.0. The molecule has 12 heavy (non-hydrogen) atoms. The van der Waals surface area contributed by atoms with Gasteiger partial charge in [-0.1, -0.05) is 36.9 Å². The third-order valence-corrected chi connectivity index (χ3v) is 2.10. The van der Waals surface area contributed by atoms with Gasteiger partial charge in [0.2, 0.25) is 0 Å². The van der Waals surface area contributed by atoms with Crippen molar-refractivity contribution in [3.05, 3.63) is 42.0 Å². The summed E-state index contributed by atoms with van der Waals surface area (Å²) in [6.45, 7) is 4.43. The molecule has 0 radical (unpaired) electrons. The Kier molecular flexibility index (Phi) is 3.77. The average molecular weight is 178 g/mol. The molecule has 0 spiro atoms. The predicted molar refractivity (Wildman–Crippen MR) is 56.1 cm³/mol. The molecule has 1 rings (SSSR count). The van der Waals surface area contributed by atoms with E-state index in [1.165, 1.54) is 5.56 Å². The molecule has 0 heterocycles. The van der Waals surface area contributed by atoms with E-state index in [1.807, 2.05) is 6.08 Å². The summed E-state index contributed by atoms with van der Waals surface area (Å²) >= 11 is 0. The highest BCUT2D eigenvalue weighted by Crippen LogP contribution is 2.06. The van der Waals surface area contributed by atoms with Crippen LogP contribution in [0.1, 0.15) is 11.1 Å². The van der Waals surface area contributed by atoms with E-state index in [-0.39, 0.29) is 0 Å². The molecule has 0 fully saturated rings. The number of hydrogen-bond donors (Lipinski definition) is 0. The summed E-state index contributed by atoms with van der Waals surface area (Å²) in [5, 5.41) is 0. The van der Waals surface area contributed by atoms with Crippen molar-refractivity contribution in [2.45, 2.75) is 6.61 Å². The fourth-order valence-electron chi connectivity index (χ4n) is 0.970. The summed E-state index contributed by atoms with van der Waals surface area (Å²) in [6, 6.07) is 8.26. The molecule has 0 saturated carbocycles. The van der Waals surface area contributed by atoms with Crippen LogP contribution in [0.5, 0.6) is 0 Å². The quantitative estimate of drug-likeness (QED) is 0.629. The number of rotatable bonds is 4. The monoisotopic (exact) mass is 178 g/mol. The Balaban J connectivity index is 2.58. The first-order valence-corrected chi connectivity index (χ1v) is 5.57. The van der Waals surface area contributed by atoms with E-state index in [2.05, 4.69) is 30.8 Å². The van der Waals surface area contributed by atoms with Crippen LogP contribution >= 0.6 is 0 Å². The average Bonchev–Trinajstić information content (AvgIpc) is 2.15. The largest absolute Gasteiger partial charge is 0.381 e. The first kappa shape index (κ1) is 9.23. The van der Waals surface area contributed by atoms with Crippen molar-refractivity contribution in [3.8, 4) is 0 Å². The Bertz CT molecular complexity index is 241. The van der Waals surface area contributed by atoms with Crippen LogP contribution in [-0.2, 0) is 11.3 Å². The first-order valence-electron chi connectivity index (χ1n) is 4.16. The van der Waals surface area contributed by atoms with Crippen LogP contribution < -0.4 is 0 Å². The van der Waals surface area contributed by atoms with Gasteiger partial charge < -0.3 is 4.74 Å². The van der Waals surface area contributed by atoms with Crippen LogP contribution in [0.15, 0.2) is 30.8 Å². The highest BCUT2D eigenvalue weighted by molar-refractivity contribution is 6.08. The Morgan fingerprint density at radius 1 is 1.33 bits per heavy atom. The molecular weight excluding hydrogens is 164 g/mol. The summed E-state index contributed by atoms with van der Waals surface area (Å²) in [4.78, 5) is 0. The summed E-state index contributed by atoms with van der Waals surface area (Å²) in [6.07, 6.45) is 2.75. The van der Waals surface area contributed by atoms with E-state index in [1.54, 1.807) is 0 Å². The van der Waals surface area contributed by atoms with Crippen LogP contribution in [0.4, 0.5) is 0 Å². The van der Waals surface area contributed by atoms with Crippen LogP contribution in [-0.4, -0.2) is 16.5 Å². The molecular formula is C10H14OSi. The van der Waals surface area contributed by atoms with Crippen LogP contribution in [0.25, 0.3) is 6.08 Å². The second kappa shape index (κ2) is 4.90. The van der Waals surface area contributed by atoms with E-state index in [0.717, 1.165) is 28.6 Å². The summed E-state index contributed by atoms with van der Waals surface area (Å²) in [5.74, 6) is 0. The van der Waals surface area contributed by atoms with Crippen molar-refractivity contribution < 1.29 is 4.74 Å². The molecule has 0 N–H and O–H groups in total. The minimum absolute atomic E-state index is 0.737. The molecule has 0 bridgehead atoms. The molecule has 0 unspecified atom stereocenters. The lowest BCUT2D eigenvalue weighted by Gasteiger charge is -2.01. The molecule has 0 saturated heterocycles. The van der Waals surface area contributed by atoms with Gasteiger partial charge >= 0.3 is 0 Å². The van der Waals surface area contributed by atoms with Gasteiger partial charge in [-0.15, -0.1) is 0 Å². The predicted octanol–water partition coefficient (Wildman–Crippen LogP) is 1.17. The number of benzene rings is 1. The molecule has 1 aromatic rings. The van der Waals surface area contributed by atoms with Crippen molar-refractivity contribution in [2.24, 2.45) is 0 Å². The van der Waals surface area contributed by atoms with E-state index < -0.39 is 0 Å². The Morgan fingerprint density at radius 3 is 2.50 bits per heavy atom. The van der Waals surface area contributed by atoms with Gasteiger partial charge in [-0.05, 0) is 11.1 Å². The molecule has 2 heteroatoms. The molecule has 0 aliphatic rings. The van der Waals surface area contributed by atoms with Gasteiger partial charge in [0.05, 0.1) is 6.61 Å². The molecule has 0 atom stereocenters. The van der Waals surface area contributed by atoms with E-state index in [0.29, 0.717) is 0 Å². The minimum atomic E-state index is 0.737. The van der Waals surface area contributed by atoms with Crippen molar-refractivity contribution in [3.63, 3.8) is 0 Å². The van der Waals surface area contributed by atoms with Gasteiger partial charge in [-0.2, -0.15) is 0 Å². The van der Waals surface area contributed by atoms with Gasteiger partial charge in [-0.25, -0.2) is 0 Å². The van der Waals surface area contributed by atoms with E-state index >= 15 is 0 Å². The summed E-state index contributed by atoms with van der Waals surface area (Å²) in [5.41, 5.74) is 2.39. The Hall–Kier alpha value is -0.863. The SMILES string of the molecule is C=Cc1ccc(COC[SiH3])cc1. The molecule has 1 nitrogen and oxygen atoms in total. The Morgan fingerprint density at radius 2 is 2.00 bits per heavy atom. The topological polar surface area (TPSA) is 9.23 Å². The molecule has 0 amide bonds. The van der Waals surface area contributed by atoms with Crippen LogP contribution in [0.2, 0.25) is 0 Å². The molecule has 64 valence electrons. The maximum absolute atomic E-state index is 5.33. The lowest BCUT2D eigenvalue weighted by Crippen LogP contribution is -1.93. The van der Waals surface area contributed by atoms with Crippen molar-refractivity contribution in [1.29, 1.82) is 0 Å². The number of hydrogen-bond acceptors (Lipinski definition) is 1.